The molecular weight excluding hydrogens is 240 g/mol. The van der Waals surface area contributed by atoms with Crippen molar-refractivity contribution in [3.05, 3.63) is 29.3 Å². The van der Waals surface area contributed by atoms with Gasteiger partial charge in [-0.05, 0) is 18.2 Å². The minimum Gasteiger partial charge on any atom is -0.496 e. The van der Waals surface area contributed by atoms with Crippen LogP contribution in [0.4, 0.5) is 0 Å². The molecule has 0 saturated carbocycles. The van der Waals surface area contributed by atoms with Crippen molar-refractivity contribution in [1.82, 2.24) is 0 Å². The first-order valence-corrected chi connectivity index (χ1v) is 5.47. The van der Waals surface area contributed by atoms with Crippen LogP contribution in [-0.2, 0) is 0 Å². The summed E-state index contributed by atoms with van der Waals surface area (Å²) >= 11 is 6.00. The maximum absolute atomic E-state index is 6.00. The summed E-state index contributed by atoms with van der Waals surface area (Å²) in [5.41, 5.74) is 0. The topological polar surface area (TPSA) is 27.7 Å². The lowest BCUT2D eigenvalue weighted by atomic mass is 10.1. The third kappa shape index (κ3) is 1.98. The molecule has 0 heterocycles. The summed E-state index contributed by atoms with van der Waals surface area (Å²) in [4.78, 5) is 0. The first-order chi connectivity index (χ1) is 8.21. The van der Waals surface area contributed by atoms with E-state index in [0.29, 0.717) is 16.5 Å². The summed E-state index contributed by atoms with van der Waals surface area (Å²) in [7, 11) is 4.81. The first kappa shape index (κ1) is 11.9. The van der Waals surface area contributed by atoms with Gasteiger partial charge in [-0.15, -0.1) is 0 Å². The monoisotopic (exact) mass is 252 g/mol. The van der Waals surface area contributed by atoms with Crippen molar-refractivity contribution in [1.29, 1.82) is 0 Å². The zero-order valence-corrected chi connectivity index (χ0v) is 10.7. The lowest BCUT2D eigenvalue weighted by molar-refractivity contribution is 0.353. The number of ether oxygens (including phenoxy) is 3. The van der Waals surface area contributed by atoms with Crippen molar-refractivity contribution in [2.75, 3.05) is 21.3 Å². The van der Waals surface area contributed by atoms with Crippen LogP contribution in [0.2, 0.25) is 5.02 Å². The largest absolute Gasteiger partial charge is 0.496 e. The third-order valence-electron chi connectivity index (χ3n) is 2.62. The Hall–Kier alpha value is -1.61. The van der Waals surface area contributed by atoms with E-state index in [0.717, 1.165) is 16.5 Å². The Morgan fingerprint density at radius 1 is 0.824 bits per heavy atom. The van der Waals surface area contributed by atoms with Crippen molar-refractivity contribution in [3.8, 4) is 17.2 Å². The van der Waals surface area contributed by atoms with Crippen LogP contribution >= 0.6 is 11.6 Å². The molecule has 90 valence electrons. The maximum atomic E-state index is 6.00. The van der Waals surface area contributed by atoms with Crippen LogP contribution in [0.1, 0.15) is 0 Å². The predicted molar refractivity (Wildman–Crippen MR) is 68.6 cm³/mol. The molecule has 4 heteroatoms. The number of hydrogen-bond acceptors (Lipinski definition) is 3. The molecule has 0 N–H and O–H groups in total. The van der Waals surface area contributed by atoms with Crippen LogP contribution in [0.25, 0.3) is 10.8 Å². The first-order valence-electron chi connectivity index (χ1n) is 5.09. The highest BCUT2D eigenvalue weighted by Gasteiger charge is 2.14. The van der Waals surface area contributed by atoms with Gasteiger partial charge in [0.05, 0.1) is 21.3 Å². The van der Waals surface area contributed by atoms with Crippen molar-refractivity contribution in [2.24, 2.45) is 0 Å². The SMILES string of the molecule is COc1cc(OC)c2ccc(Cl)cc2c1OC. The van der Waals surface area contributed by atoms with Gasteiger partial charge in [-0.25, -0.2) is 0 Å². The number of hydrogen-bond donors (Lipinski definition) is 0. The number of halogens is 1. The molecule has 2 aromatic rings. The molecule has 0 atom stereocenters. The highest BCUT2D eigenvalue weighted by Crippen LogP contribution is 2.42. The smallest absolute Gasteiger partial charge is 0.168 e. The van der Waals surface area contributed by atoms with E-state index in [9.17, 15) is 0 Å². The number of rotatable bonds is 3. The fourth-order valence-electron chi connectivity index (χ4n) is 1.85. The van der Waals surface area contributed by atoms with Gasteiger partial charge in [0.2, 0.25) is 0 Å². The van der Waals surface area contributed by atoms with Gasteiger partial charge in [-0.1, -0.05) is 11.6 Å². The lowest BCUT2D eigenvalue weighted by Crippen LogP contribution is -1.94. The van der Waals surface area contributed by atoms with Gasteiger partial charge in [0, 0.05) is 21.9 Å². The Labute approximate surface area is 105 Å². The van der Waals surface area contributed by atoms with Crippen LogP contribution in [0, 0.1) is 0 Å². The number of methoxy groups -OCH3 is 3. The predicted octanol–water partition coefficient (Wildman–Crippen LogP) is 3.52. The van der Waals surface area contributed by atoms with Crippen molar-refractivity contribution in [3.63, 3.8) is 0 Å². The van der Waals surface area contributed by atoms with E-state index in [1.54, 1.807) is 27.4 Å². The Balaban J connectivity index is 2.86. The molecule has 0 saturated heterocycles. The Morgan fingerprint density at radius 2 is 1.53 bits per heavy atom. The van der Waals surface area contributed by atoms with Gasteiger partial charge >= 0.3 is 0 Å². The van der Waals surface area contributed by atoms with Crippen molar-refractivity contribution in [2.45, 2.75) is 0 Å². The zero-order chi connectivity index (χ0) is 12.4. The molecule has 0 aromatic heterocycles. The second-order valence-electron chi connectivity index (χ2n) is 3.50. The molecular formula is C13H13ClO3. The molecule has 3 nitrogen and oxygen atoms in total. The van der Waals surface area contributed by atoms with Gasteiger partial charge < -0.3 is 14.2 Å². The summed E-state index contributed by atoms with van der Waals surface area (Å²) in [5, 5.41) is 2.46. The lowest BCUT2D eigenvalue weighted by Gasteiger charge is -2.14. The van der Waals surface area contributed by atoms with E-state index < -0.39 is 0 Å². The standard InChI is InChI=1S/C13H13ClO3/c1-15-11-7-12(16-2)13(17-3)10-6-8(14)4-5-9(10)11/h4-7H,1-3H3. The van der Waals surface area contributed by atoms with Crippen LogP contribution < -0.4 is 14.2 Å². The molecule has 0 aliphatic heterocycles. The normalized spacial score (nSPS) is 10.4. The molecule has 2 aromatic carbocycles. The fourth-order valence-corrected chi connectivity index (χ4v) is 2.02. The Bertz CT molecular complexity index is 552. The van der Waals surface area contributed by atoms with Gasteiger partial charge in [0.25, 0.3) is 0 Å². The molecule has 0 radical (unpaired) electrons. The summed E-state index contributed by atoms with van der Waals surface area (Å²) < 4.78 is 16.0. The number of fused-ring (bicyclic) bond motifs is 1. The van der Waals surface area contributed by atoms with E-state index in [2.05, 4.69) is 0 Å². The van der Waals surface area contributed by atoms with Crippen LogP contribution in [0.15, 0.2) is 24.3 Å². The molecule has 2 rings (SSSR count). The molecule has 17 heavy (non-hydrogen) atoms. The van der Waals surface area contributed by atoms with E-state index in [1.165, 1.54) is 0 Å². The minimum absolute atomic E-state index is 0.624. The van der Waals surface area contributed by atoms with E-state index in [4.69, 9.17) is 25.8 Å². The molecule has 0 unspecified atom stereocenters. The van der Waals surface area contributed by atoms with Gasteiger partial charge in [-0.2, -0.15) is 0 Å². The molecule has 0 amide bonds. The molecule has 0 aliphatic carbocycles. The molecule has 0 fully saturated rings. The summed E-state index contributed by atoms with van der Waals surface area (Å²) in [6.45, 7) is 0. The maximum Gasteiger partial charge on any atom is 0.168 e. The van der Waals surface area contributed by atoms with Gasteiger partial charge in [0.1, 0.15) is 5.75 Å². The summed E-state index contributed by atoms with van der Waals surface area (Å²) in [6, 6.07) is 7.35. The summed E-state index contributed by atoms with van der Waals surface area (Å²) in [6.07, 6.45) is 0. The minimum atomic E-state index is 0.624. The molecule has 0 bridgehead atoms. The highest BCUT2D eigenvalue weighted by atomic mass is 35.5. The molecule has 0 aliphatic rings. The number of benzene rings is 2. The van der Waals surface area contributed by atoms with Gasteiger partial charge in [0.15, 0.2) is 11.5 Å². The van der Waals surface area contributed by atoms with E-state index in [1.807, 2.05) is 18.2 Å². The van der Waals surface area contributed by atoms with Crippen LogP contribution in [0.5, 0.6) is 17.2 Å². The Morgan fingerprint density at radius 3 is 2.12 bits per heavy atom. The van der Waals surface area contributed by atoms with Gasteiger partial charge in [-0.3, -0.25) is 0 Å². The quantitative estimate of drug-likeness (QED) is 0.837. The zero-order valence-electron chi connectivity index (χ0n) is 9.91. The second-order valence-corrected chi connectivity index (χ2v) is 3.94. The highest BCUT2D eigenvalue weighted by molar-refractivity contribution is 6.31. The summed E-state index contributed by atoms with van der Waals surface area (Å²) in [5.74, 6) is 2.01. The third-order valence-corrected chi connectivity index (χ3v) is 2.86. The van der Waals surface area contributed by atoms with E-state index in [-0.39, 0.29) is 0 Å². The van der Waals surface area contributed by atoms with Crippen molar-refractivity contribution >= 4 is 22.4 Å². The average molecular weight is 253 g/mol. The van der Waals surface area contributed by atoms with Crippen LogP contribution in [-0.4, -0.2) is 21.3 Å². The molecule has 0 spiro atoms. The van der Waals surface area contributed by atoms with Crippen LogP contribution in [0.3, 0.4) is 0 Å². The Kier molecular flexibility index (Phi) is 3.29. The second kappa shape index (κ2) is 4.72. The fraction of sp³-hybridized carbons (Fsp3) is 0.231. The van der Waals surface area contributed by atoms with Crippen molar-refractivity contribution < 1.29 is 14.2 Å². The van der Waals surface area contributed by atoms with E-state index >= 15 is 0 Å². The average Bonchev–Trinajstić information content (AvgIpc) is 2.36.